The summed E-state index contributed by atoms with van der Waals surface area (Å²) in [4.78, 5) is 28.7. The van der Waals surface area contributed by atoms with Gasteiger partial charge in [0.1, 0.15) is 11.5 Å². The molecule has 1 atom stereocenters. The largest absolute Gasteiger partial charge is 0.497 e. The topological polar surface area (TPSA) is 85.1 Å². The van der Waals surface area contributed by atoms with Crippen molar-refractivity contribution < 1.29 is 19.1 Å². The number of benzene rings is 1. The maximum atomic E-state index is 12.8. The van der Waals surface area contributed by atoms with E-state index in [0.29, 0.717) is 49.7 Å². The van der Waals surface area contributed by atoms with E-state index in [1.54, 1.807) is 46.9 Å². The molecule has 1 aromatic carbocycles. The molecule has 0 aromatic heterocycles. The Bertz CT molecular complexity index is 639. The predicted octanol–water partition coefficient (Wildman–Crippen LogP) is 1.49. The number of ether oxygens (including phenoxy) is 2. The average Bonchev–Trinajstić information content (AvgIpc) is 2.70. The quantitative estimate of drug-likeness (QED) is 0.723. The van der Waals surface area contributed by atoms with E-state index in [0.717, 1.165) is 5.75 Å². The first-order chi connectivity index (χ1) is 12.5. The number of nitrogens with zero attached hydrogens (tertiary/aromatic N) is 2. The van der Waals surface area contributed by atoms with Crippen molar-refractivity contribution >= 4 is 36.0 Å². The number of hydrogen-bond acceptors (Lipinski definition) is 6. The molecular weight excluding hydrogens is 390 g/mol. The molecule has 2 amide bonds. The first-order valence-corrected chi connectivity index (χ1v) is 9.95. The molecule has 7 nitrogen and oxygen atoms in total. The summed E-state index contributed by atoms with van der Waals surface area (Å²) >= 11 is 1.68. The Kier molecular flexibility index (Phi) is 9.76. The summed E-state index contributed by atoms with van der Waals surface area (Å²) in [6.45, 7) is 1.95. The fraction of sp³-hybridized carbons (Fsp3) is 0.556. The molecule has 0 saturated carbocycles. The molecule has 0 unspecified atom stereocenters. The van der Waals surface area contributed by atoms with Crippen molar-refractivity contribution in [2.75, 3.05) is 52.4 Å². The number of piperazine rings is 1. The maximum Gasteiger partial charge on any atom is 0.257 e. The second-order valence-corrected chi connectivity index (χ2v) is 7.06. The first-order valence-electron chi connectivity index (χ1n) is 8.56. The Labute approximate surface area is 170 Å². The molecule has 1 aliphatic heterocycles. The fourth-order valence-electron chi connectivity index (χ4n) is 2.88. The number of carbonyl (C=O) groups excluding carboxylic acids is 2. The molecule has 2 N–H and O–H groups in total. The molecule has 152 valence electrons. The zero-order valence-corrected chi connectivity index (χ0v) is 17.6. The van der Waals surface area contributed by atoms with E-state index < -0.39 is 6.04 Å². The third-order valence-corrected chi connectivity index (χ3v) is 5.11. The Morgan fingerprint density at radius 3 is 2.33 bits per heavy atom. The number of nitrogens with two attached hydrogens (primary N) is 1. The molecule has 9 heteroatoms. The summed E-state index contributed by atoms with van der Waals surface area (Å²) in [6, 6.07) is 4.67. The van der Waals surface area contributed by atoms with Crippen molar-refractivity contribution in [3.05, 3.63) is 23.8 Å². The number of carbonyl (C=O) groups is 2. The maximum absolute atomic E-state index is 12.8. The molecule has 1 aromatic rings. The van der Waals surface area contributed by atoms with Gasteiger partial charge in [-0.1, -0.05) is 0 Å². The van der Waals surface area contributed by atoms with Gasteiger partial charge in [0.05, 0.1) is 25.8 Å². The highest BCUT2D eigenvalue weighted by Gasteiger charge is 2.28. The second kappa shape index (κ2) is 11.3. The molecule has 1 saturated heterocycles. The van der Waals surface area contributed by atoms with Gasteiger partial charge in [0.2, 0.25) is 5.91 Å². The molecule has 1 heterocycles. The summed E-state index contributed by atoms with van der Waals surface area (Å²) in [7, 11) is 3.09. The Hall–Kier alpha value is -1.64. The summed E-state index contributed by atoms with van der Waals surface area (Å²) < 4.78 is 10.5. The van der Waals surface area contributed by atoms with Crippen LogP contribution in [0.15, 0.2) is 18.2 Å². The van der Waals surface area contributed by atoms with Crippen LogP contribution in [0.25, 0.3) is 0 Å². The van der Waals surface area contributed by atoms with Crippen LogP contribution in [0.4, 0.5) is 0 Å². The third kappa shape index (κ3) is 5.92. The fourth-order valence-corrected chi connectivity index (χ4v) is 3.37. The molecule has 1 fully saturated rings. The van der Waals surface area contributed by atoms with Crippen LogP contribution in [0.1, 0.15) is 16.8 Å². The third-order valence-electron chi connectivity index (χ3n) is 4.47. The molecule has 2 rings (SSSR count). The molecule has 0 spiro atoms. The van der Waals surface area contributed by atoms with E-state index >= 15 is 0 Å². The standard InChI is InChI=1S/C18H27N3O4S.ClH/c1-24-13-4-5-14(16(12-13)25-2)17(22)20-7-9-21(10-8-20)18(23)15(19)6-11-26-3;/h4-5,12,15H,6-11,19H2,1-3H3;1H/t15-;/m0./s1. The van der Waals surface area contributed by atoms with Crippen LogP contribution in [-0.4, -0.2) is 80.1 Å². The van der Waals surface area contributed by atoms with Crippen molar-refractivity contribution in [3.8, 4) is 11.5 Å². The first kappa shape index (κ1) is 23.4. The van der Waals surface area contributed by atoms with Gasteiger partial charge < -0.3 is 25.0 Å². The van der Waals surface area contributed by atoms with Gasteiger partial charge in [0, 0.05) is 32.2 Å². The van der Waals surface area contributed by atoms with Crippen LogP contribution in [0.5, 0.6) is 11.5 Å². The lowest BCUT2D eigenvalue weighted by Gasteiger charge is -2.36. The zero-order chi connectivity index (χ0) is 19.1. The van der Waals surface area contributed by atoms with Crippen molar-refractivity contribution in [3.63, 3.8) is 0 Å². The molecule has 0 bridgehead atoms. The molecule has 27 heavy (non-hydrogen) atoms. The molecule has 0 aliphatic carbocycles. The van der Waals surface area contributed by atoms with Gasteiger partial charge in [0.15, 0.2) is 0 Å². The zero-order valence-electron chi connectivity index (χ0n) is 16.0. The van der Waals surface area contributed by atoms with Crippen molar-refractivity contribution in [1.82, 2.24) is 9.80 Å². The number of amides is 2. The van der Waals surface area contributed by atoms with E-state index in [-0.39, 0.29) is 24.2 Å². The molecular formula is C18H28ClN3O4S. The summed E-state index contributed by atoms with van der Waals surface area (Å²) in [6.07, 6.45) is 2.66. The van der Waals surface area contributed by atoms with Crippen LogP contribution >= 0.6 is 24.2 Å². The van der Waals surface area contributed by atoms with E-state index in [1.165, 1.54) is 7.11 Å². The van der Waals surface area contributed by atoms with Crippen LogP contribution in [0, 0.1) is 0 Å². The van der Waals surface area contributed by atoms with E-state index in [9.17, 15) is 9.59 Å². The van der Waals surface area contributed by atoms with Crippen molar-refractivity contribution in [2.24, 2.45) is 5.73 Å². The van der Waals surface area contributed by atoms with Gasteiger partial charge in [-0.05, 0) is 30.6 Å². The van der Waals surface area contributed by atoms with Gasteiger partial charge in [-0.15, -0.1) is 12.4 Å². The highest BCUT2D eigenvalue weighted by molar-refractivity contribution is 7.98. The highest BCUT2D eigenvalue weighted by atomic mass is 35.5. The van der Waals surface area contributed by atoms with Gasteiger partial charge in [-0.2, -0.15) is 11.8 Å². The lowest BCUT2D eigenvalue weighted by atomic mass is 10.1. The van der Waals surface area contributed by atoms with Gasteiger partial charge in [-0.3, -0.25) is 9.59 Å². The van der Waals surface area contributed by atoms with Crippen molar-refractivity contribution in [1.29, 1.82) is 0 Å². The van der Waals surface area contributed by atoms with E-state index in [4.69, 9.17) is 15.2 Å². The number of methoxy groups -OCH3 is 2. The minimum absolute atomic E-state index is 0. The number of hydrogen-bond donors (Lipinski definition) is 1. The molecule has 1 aliphatic rings. The van der Waals surface area contributed by atoms with Crippen molar-refractivity contribution in [2.45, 2.75) is 12.5 Å². The Morgan fingerprint density at radius 2 is 1.78 bits per heavy atom. The van der Waals surface area contributed by atoms with Crippen LogP contribution in [0.3, 0.4) is 0 Å². The lowest BCUT2D eigenvalue weighted by Crippen LogP contribution is -2.54. The summed E-state index contributed by atoms with van der Waals surface area (Å²) in [5.41, 5.74) is 6.46. The van der Waals surface area contributed by atoms with Gasteiger partial charge in [0.25, 0.3) is 5.91 Å². The monoisotopic (exact) mass is 417 g/mol. The average molecular weight is 418 g/mol. The number of halogens is 1. The minimum Gasteiger partial charge on any atom is -0.497 e. The summed E-state index contributed by atoms with van der Waals surface area (Å²) in [5, 5.41) is 0. The minimum atomic E-state index is -0.466. The Balaban J connectivity index is 0.00000364. The molecule has 0 radical (unpaired) electrons. The number of rotatable bonds is 7. The summed E-state index contributed by atoms with van der Waals surface area (Å²) in [5.74, 6) is 1.83. The van der Waals surface area contributed by atoms with Gasteiger partial charge >= 0.3 is 0 Å². The highest BCUT2D eigenvalue weighted by Crippen LogP contribution is 2.26. The Morgan fingerprint density at radius 1 is 1.15 bits per heavy atom. The smallest absolute Gasteiger partial charge is 0.257 e. The van der Waals surface area contributed by atoms with Crippen LogP contribution < -0.4 is 15.2 Å². The second-order valence-electron chi connectivity index (χ2n) is 6.07. The van der Waals surface area contributed by atoms with Crippen LogP contribution in [-0.2, 0) is 4.79 Å². The number of thioether (sulfide) groups is 1. The SMILES string of the molecule is COc1ccc(C(=O)N2CCN(C(=O)[C@@H](N)CCSC)CC2)c(OC)c1.Cl. The van der Waals surface area contributed by atoms with E-state index in [1.807, 2.05) is 6.26 Å². The van der Waals surface area contributed by atoms with Gasteiger partial charge in [-0.25, -0.2) is 0 Å². The van der Waals surface area contributed by atoms with E-state index in [2.05, 4.69) is 0 Å². The lowest BCUT2D eigenvalue weighted by molar-refractivity contribution is -0.134. The predicted molar refractivity (Wildman–Crippen MR) is 110 cm³/mol. The van der Waals surface area contributed by atoms with Crippen LogP contribution in [0.2, 0.25) is 0 Å². The normalized spacial score (nSPS) is 15.0.